The predicted molar refractivity (Wildman–Crippen MR) is 129 cm³/mol. The minimum Gasteiger partial charge on any atom is -0.370 e. The van der Waals surface area contributed by atoms with Crippen molar-refractivity contribution in [3.63, 3.8) is 0 Å². The van der Waals surface area contributed by atoms with Gasteiger partial charge in [0, 0.05) is 41.4 Å². The van der Waals surface area contributed by atoms with Crippen molar-refractivity contribution < 1.29 is 0 Å². The molecule has 0 spiro atoms. The fourth-order valence-corrected chi connectivity index (χ4v) is 4.16. The summed E-state index contributed by atoms with van der Waals surface area (Å²) in [6, 6.07) is 14.6. The van der Waals surface area contributed by atoms with Crippen LogP contribution < -0.4 is 0 Å². The van der Waals surface area contributed by atoms with Crippen LogP contribution in [0.1, 0.15) is 28.3 Å². The van der Waals surface area contributed by atoms with Crippen LogP contribution in [0.3, 0.4) is 0 Å². The number of hydrogen-bond donors (Lipinski definition) is 2. The second-order valence-electron chi connectivity index (χ2n) is 7.92. The lowest BCUT2D eigenvalue weighted by molar-refractivity contribution is 0.531. The van der Waals surface area contributed by atoms with E-state index in [-0.39, 0.29) is 0 Å². The van der Waals surface area contributed by atoms with E-state index in [2.05, 4.69) is 88.7 Å². The number of nitrogens with zero attached hydrogens (tertiary/aromatic N) is 3. The zero-order chi connectivity index (χ0) is 20.8. The molecule has 0 amide bonds. The van der Waals surface area contributed by atoms with E-state index >= 15 is 0 Å². The Morgan fingerprint density at radius 2 is 1.48 bits per heavy atom. The molecule has 0 fully saturated rings. The standard InChI is InChI=1S/C26H21N5/c1-31-13-3-2-4-25(31)26-23-11-9-21(29-23)15-19-7-5-17(27-19)14-18-6-8-20(28-18)16-22-10-12-24(26)30-22/h2-12,14-16,27,29H,13H2,1H3. The molecule has 3 aliphatic rings. The van der Waals surface area contributed by atoms with Crippen LogP contribution in [0.2, 0.25) is 0 Å². The summed E-state index contributed by atoms with van der Waals surface area (Å²) < 4.78 is 0. The maximum Gasteiger partial charge on any atom is 0.0751 e. The second kappa shape index (κ2) is 6.99. The van der Waals surface area contributed by atoms with E-state index in [0.717, 1.165) is 62.6 Å². The normalized spacial score (nSPS) is 14.9. The highest BCUT2D eigenvalue weighted by Gasteiger charge is 2.16. The van der Waals surface area contributed by atoms with E-state index in [1.807, 2.05) is 18.2 Å². The third kappa shape index (κ3) is 3.30. The number of aromatic nitrogens is 4. The summed E-state index contributed by atoms with van der Waals surface area (Å²) in [6.07, 6.45) is 14.6. The van der Waals surface area contributed by atoms with Crippen LogP contribution in [0.15, 0.2) is 60.7 Å². The third-order valence-corrected chi connectivity index (χ3v) is 5.66. The van der Waals surface area contributed by atoms with Gasteiger partial charge in [0.2, 0.25) is 0 Å². The van der Waals surface area contributed by atoms with Gasteiger partial charge in [-0.3, -0.25) is 0 Å². The number of likely N-dealkylation sites (N-methyl/N-ethyl adjacent to an activating group) is 1. The van der Waals surface area contributed by atoms with Crippen LogP contribution in [0.5, 0.6) is 0 Å². The highest BCUT2D eigenvalue weighted by atomic mass is 15.1. The number of hydrogen-bond acceptors (Lipinski definition) is 3. The van der Waals surface area contributed by atoms with Crippen molar-refractivity contribution in [2.24, 2.45) is 0 Å². The Balaban J connectivity index is 1.71. The lowest BCUT2D eigenvalue weighted by atomic mass is 10.1. The zero-order valence-electron chi connectivity index (χ0n) is 17.1. The van der Waals surface area contributed by atoms with Crippen LogP contribution in [-0.2, 0) is 0 Å². The number of aromatic amines is 2. The van der Waals surface area contributed by atoms with Crippen molar-refractivity contribution in [2.45, 2.75) is 0 Å². The molecule has 0 aliphatic carbocycles. The van der Waals surface area contributed by atoms with Gasteiger partial charge in [-0.25, -0.2) is 9.97 Å². The monoisotopic (exact) mass is 403 g/mol. The van der Waals surface area contributed by atoms with Crippen molar-refractivity contribution in [3.05, 3.63) is 89.0 Å². The molecule has 31 heavy (non-hydrogen) atoms. The Morgan fingerprint density at radius 3 is 2.35 bits per heavy atom. The SMILES string of the molecule is CN1CC=CC=C1c1c2nc(cc3nc(cc4ccc(cc5ccc1[nH]5)[nH]4)C=C3)C=C2. The minimum absolute atomic E-state index is 0.872. The number of H-pyrrole nitrogens is 2. The molecule has 0 atom stereocenters. The van der Waals surface area contributed by atoms with E-state index in [9.17, 15) is 0 Å². The summed E-state index contributed by atoms with van der Waals surface area (Å²) in [5.74, 6) is 0. The van der Waals surface area contributed by atoms with Gasteiger partial charge in [0.25, 0.3) is 0 Å². The first kappa shape index (κ1) is 17.7. The summed E-state index contributed by atoms with van der Waals surface area (Å²) in [6.45, 7) is 0.872. The molecule has 3 aromatic rings. The number of allylic oxidation sites excluding steroid dienone is 2. The van der Waals surface area contributed by atoms with Gasteiger partial charge in [-0.15, -0.1) is 0 Å². The minimum atomic E-state index is 0.872. The summed E-state index contributed by atoms with van der Waals surface area (Å²) in [5, 5.41) is 0. The van der Waals surface area contributed by atoms with Crippen molar-refractivity contribution in [3.8, 4) is 0 Å². The molecule has 8 bridgehead atoms. The number of rotatable bonds is 1. The molecule has 3 aromatic heterocycles. The van der Waals surface area contributed by atoms with Crippen molar-refractivity contribution in [1.82, 2.24) is 24.8 Å². The Labute approximate surface area is 179 Å². The summed E-state index contributed by atoms with van der Waals surface area (Å²) in [5.41, 5.74) is 10.1. The largest absolute Gasteiger partial charge is 0.370 e. The fourth-order valence-electron chi connectivity index (χ4n) is 4.16. The molecule has 0 saturated carbocycles. The van der Waals surface area contributed by atoms with Gasteiger partial charge in [-0.1, -0.05) is 12.2 Å². The Hall–Kier alpha value is -4.12. The van der Waals surface area contributed by atoms with Gasteiger partial charge >= 0.3 is 0 Å². The molecule has 0 radical (unpaired) electrons. The van der Waals surface area contributed by atoms with Gasteiger partial charge in [-0.05, 0) is 72.8 Å². The number of fused-ring (bicyclic) bond motifs is 8. The first-order valence-corrected chi connectivity index (χ1v) is 10.4. The molecular weight excluding hydrogens is 382 g/mol. The Morgan fingerprint density at radius 1 is 0.774 bits per heavy atom. The topological polar surface area (TPSA) is 60.6 Å². The van der Waals surface area contributed by atoms with Crippen molar-refractivity contribution in [1.29, 1.82) is 0 Å². The van der Waals surface area contributed by atoms with E-state index in [1.54, 1.807) is 0 Å². The average molecular weight is 403 g/mol. The maximum atomic E-state index is 4.94. The van der Waals surface area contributed by atoms with Gasteiger partial charge in [0.1, 0.15) is 0 Å². The molecule has 0 unspecified atom stereocenters. The van der Waals surface area contributed by atoms with Gasteiger partial charge in [0.05, 0.1) is 28.3 Å². The highest BCUT2D eigenvalue weighted by molar-refractivity contribution is 5.88. The zero-order valence-corrected chi connectivity index (χ0v) is 17.1. The highest BCUT2D eigenvalue weighted by Crippen LogP contribution is 2.29. The lowest BCUT2D eigenvalue weighted by Crippen LogP contribution is -2.19. The van der Waals surface area contributed by atoms with Crippen LogP contribution in [0.25, 0.3) is 52.1 Å². The second-order valence-corrected chi connectivity index (χ2v) is 7.92. The summed E-state index contributed by atoms with van der Waals surface area (Å²) in [7, 11) is 2.11. The van der Waals surface area contributed by atoms with Crippen LogP contribution in [0.4, 0.5) is 0 Å². The van der Waals surface area contributed by atoms with Crippen molar-refractivity contribution in [2.75, 3.05) is 13.6 Å². The molecule has 3 aliphatic heterocycles. The van der Waals surface area contributed by atoms with Crippen molar-refractivity contribution >= 4 is 52.1 Å². The average Bonchev–Trinajstić information content (AvgIpc) is 3.55. The molecule has 0 saturated heterocycles. The molecule has 2 N–H and O–H groups in total. The third-order valence-electron chi connectivity index (χ3n) is 5.66. The Kier molecular flexibility index (Phi) is 3.99. The van der Waals surface area contributed by atoms with Gasteiger partial charge in [0.15, 0.2) is 0 Å². The van der Waals surface area contributed by atoms with Gasteiger partial charge in [-0.2, -0.15) is 0 Å². The molecule has 6 rings (SSSR count). The van der Waals surface area contributed by atoms with Crippen LogP contribution in [0, 0.1) is 0 Å². The van der Waals surface area contributed by atoms with E-state index < -0.39 is 0 Å². The first-order chi connectivity index (χ1) is 15.2. The fraction of sp³-hybridized carbons (Fsp3) is 0.0769. The van der Waals surface area contributed by atoms with E-state index in [4.69, 9.17) is 9.97 Å². The van der Waals surface area contributed by atoms with Crippen LogP contribution in [-0.4, -0.2) is 38.4 Å². The summed E-state index contributed by atoms with van der Waals surface area (Å²) >= 11 is 0. The van der Waals surface area contributed by atoms with Gasteiger partial charge < -0.3 is 14.9 Å². The molecule has 0 aromatic carbocycles. The van der Waals surface area contributed by atoms with E-state index in [0.29, 0.717) is 0 Å². The maximum absolute atomic E-state index is 4.94. The predicted octanol–water partition coefficient (Wildman–Crippen LogP) is 5.50. The quantitative estimate of drug-likeness (QED) is 0.389. The van der Waals surface area contributed by atoms with E-state index in [1.165, 1.54) is 0 Å². The Bertz CT molecular complexity index is 1480. The smallest absolute Gasteiger partial charge is 0.0751 e. The lowest BCUT2D eigenvalue weighted by Gasteiger charge is -2.24. The molecule has 5 nitrogen and oxygen atoms in total. The number of nitrogens with one attached hydrogen (secondary N) is 2. The molecular formula is C26H21N5. The van der Waals surface area contributed by atoms with Crippen LogP contribution >= 0.6 is 0 Å². The molecule has 6 heterocycles. The first-order valence-electron chi connectivity index (χ1n) is 10.4. The summed E-state index contributed by atoms with van der Waals surface area (Å²) in [4.78, 5) is 18.9. The molecule has 5 heteroatoms. The molecule has 150 valence electrons.